The molecule has 0 atom stereocenters. The highest BCUT2D eigenvalue weighted by atomic mass is 15.1. The Bertz CT molecular complexity index is 750. The lowest BCUT2D eigenvalue weighted by Gasteiger charge is -2.36. The summed E-state index contributed by atoms with van der Waals surface area (Å²) in [6.45, 7) is 3.61. The van der Waals surface area contributed by atoms with E-state index in [4.69, 9.17) is 0 Å². The third-order valence-electron chi connectivity index (χ3n) is 5.98. The zero-order valence-corrected chi connectivity index (χ0v) is 16.0. The van der Waals surface area contributed by atoms with Crippen molar-refractivity contribution in [2.45, 2.75) is 25.2 Å². The van der Waals surface area contributed by atoms with Gasteiger partial charge >= 0.3 is 0 Å². The first-order valence-electron chi connectivity index (χ1n) is 10.3. The van der Waals surface area contributed by atoms with Gasteiger partial charge in [-0.05, 0) is 55.0 Å². The highest BCUT2D eigenvalue weighted by Gasteiger charge is 2.28. The normalized spacial score (nSPS) is 15.9. The molecule has 1 heteroatoms. The largest absolute Gasteiger partial charge is 0.303 e. The molecule has 1 heterocycles. The number of likely N-dealkylation sites (tertiary alicyclic amines) is 1. The molecule has 3 aromatic rings. The summed E-state index contributed by atoms with van der Waals surface area (Å²) < 4.78 is 0. The zero-order valence-electron chi connectivity index (χ0n) is 16.0. The maximum Gasteiger partial charge on any atom is 0.0119 e. The topological polar surface area (TPSA) is 3.24 Å². The van der Waals surface area contributed by atoms with Gasteiger partial charge in [-0.2, -0.15) is 0 Å². The van der Waals surface area contributed by atoms with E-state index in [0.717, 1.165) is 12.3 Å². The molecule has 27 heavy (non-hydrogen) atoms. The highest BCUT2D eigenvalue weighted by molar-refractivity contribution is 5.33. The van der Waals surface area contributed by atoms with Crippen molar-refractivity contribution >= 4 is 0 Å². The average molecular weight is 356 g/mol. The minimum atomic E-state index is 0.517. The maximum absolute atomic E-state index is 2.65. The van der Waals surface area contributed by atoms with Crippen molar-refractivity contribution in [2.75, 3.05) is 19.6 Å². The number of benzene rings is 3. The van der Waals surface area contributed by atoms with Gasteiger partial charge in [0, 0.05) is 12.5 Å². The molecule has 0 amide bonds. The molecule has 0 aliphatic carbocycles. The molecular formula is C26H29N. The molecular weight excluding hydrogens is 326 g/mol. The molecule has 4 rings (SSSR count). The van der Waals surface area contributed by atoms with Crippen LogP contribution < -0.4 is 0 Å². The van der Waals surface area contributed by atoms with Gasteiger partial charge in [0.1, 0.15) is 0 Å². The summed E-state index contributed by atoms with van der Waals surface area (Å²) in [4.78, 5) is 2.65. The predicted octanol–water partition coefficient (Wildman–Crippen LogP) is 5.77. The van der Waals surface area contributed by atoms with E-state index in [1.54, 1.807) is 0 Å². The van der Waals surface area contributed by atoms with E-state index < -0.39 is 0 Å². The van der Waals surface area contributed by atoms with E-state index in [9.17, 15) is 0 Å². The summed E-state index contributed by atoms with van der Waals surface area (Å²) in [6, 6.07) is 33.1. The van der Waals surface area contributed by atoms with Gasteiger partial charge in [0.05, 0.1) is 0 Å². The van der Waals surface area contributed by atoms with Crippen LogP contribution in [0.2, 0.25) is 0 Å². The second-order valence-corrected chi connectivity index (χ2v) is 7.71. The fourth-order valence-electron chi connectivity index (χ4n) is 4.50. The van der Waals surface area contributed by atoms with Crippen LogP contribution in [0, 0.1) is 5.92 Å². The SMILES string of the molecule is c1ccc(CCN2CCC(C(c3ccccc3)c3ccccc3)CC2)cc1. The first-order chi connectivity index (χ1) is 13.4. The molecule has 1 saturated heterocycles. The smallest absolute Gasteiger partial charge is 0.0119 e. The molecule has 0 unspecified atom stereocenters. The number of hydrogen-bond donors (Lipinski definition) is 0. The second-order valence-electron chi connectivity index (χ2n) is 7.71. The van der Waals surface area contributed by atoms with Gasteiger partial charge in [-0.15, -0.1) is 0 Å². The van der Waals surface area contributed by atoms with E-state index in [1.807, 2.05) is 0 Å². The summed E-state index contributed by atoms with van der Waals surface area (Å²) in [5, 5.41) is 0. The first-order valence-corrected chi connectivity index (χ1v) is 10.3. The highest BCUT2D eigenvalue weighted by Crippen LogP contribution is 2.37. The molecule has 3 aromatic carbocycles. The Morgan fingerprint density at radius 3 is 1.67 bits per heavy atom. The molecule has 1 nitrogen and oxygen atoms in total. The summed E-state index contributed by atoms with van der Waals surface area (Å²) in [7, 11) is 0. The lowest BCUT2D eigenvalue weighted by Crippen LogP contribution is -2.37. The van der Waals surface area contributed by atoms with Crippen LogP contribution in [0.15, 0.2) is 91.0 Å². The number of hydrogen-bond acceptors (Lipinski definition) is 1. The van der Waals surface area contributed by atoms with Crippen LogP contribution in [-0.4, -0.2) is 24.5 Å². The van der Waals surface area contributed by atoms with Crippen molar-refractivity contribution < 1.29 is 0 Å². The summed E-state index contributed by atoms with van der Waals surface area (Å²) in [6.07, 6.45) is 3.72. The first kappa shape index (κ1) is 18.0. The van der Waals surface area contributed by atoms with Crippen molar-refractivity contribution in [3.05, 3.63) is 108 Å². The van der Waals surface area contributed by atoms with Crippen molar-refractivity contribution in [1.82, 2.24) is 4.90 Å². The molecule has 0 radical (unpaired) electrons. The Labute approximate surface area is 163 Å². The standard InChI is InChI=1S/C26H29N/c1-4-10-22(11-5-1)16-19-27-20-17-25(18-21-27)26(23-12-6-2-7-13-23)24-14-8-3-9-15-24/h1-15,25-26H,16-21H2. The Morgan fingerprint density at radius 2 is 1.15 bits per heavy atom. The van der Waals surface area contributed by atoms with E-state index in [-0.39, 0.29) is 0 Å². The van der Waals surface area contributed by atoms with Gasteiger partial charge in [-0.25, -0.2) is 0 Å². The third-order valence-corrected chi connectivity index (χ3v) is 5.98. The molecule has 0 saturated carbocycles. The summed E-state index contributed by atoms with van der Waals surface area (Å²) >= 11 is 0. The minimum absolute atomic E-state index is 0.517. The fraction of sp³-hybridized carbons (Fsp3) is 0.308. The molecule has 1 fully saturated rings. The van der Waals surface area contributed by atoms with Crippen molar-refractivity contribution in [2.24, 2.45) is 5.92 Å². The Hall–Kier alpha value is -2.38. The van der Waals surface area contributed by atoms with E-state index in [2.05, 4.69) is 95.9 Å². The average Bonchev–Trinajstić information content (AvgIpc) is 2.76. The van der Waals surface area contributed by atoms with Crippen LogP contribution in [0.25, 0.3) is 0 Å². The van der Waals surface area contributed by atoms with Gasteiger partial charge in [0.15, 0.2) is 0 Å². The Balaban J connectivity index is 1.41. The van der Waals surface area contributed by atoms with Crippen LogP contribution >= 0.6 is 0 Å². The van der Waals surface area contributed by atoms with Gasteiger partial charge in [0.25, 0.3) is 0 Å². The molecule has 1 aliphatic heterocycles. The van der Waals surface area contributed by atoms with Crippen molar-refractivity contribution in [3.8, 4) is 0 Å². The van der Waals surface area contributed by atoms with Crippen LogP contribution in [0.1, 0.15) is 35.4 Å². The molecule has 1 aliphatic rings. The van der Waals surface area contributed by atoms with Crippen LogP contribution in [0.3, 0.4) is 0 Å². The number of piperidine rings is 1. The third kappa shape index (κ3) is 4.67. The fourth-order valence-corrected chi connectivity index (χ4v) is 4.50. The quantitative estimate of drug-likeness (QED) is 0.542. The monoisotopic (exact) mass is 355 g/mol. The van der Waals surface area contributed by atoms with Gasteiger partial charge in [-0.1, -0.05) is 91.0 Å². The molecule has 0 aromatic heterocycles. The Kier molecular flexibility index (Phi) is 6.01. The number of rotatable bonds is 6. The van der Waals surface area contributed by atoms with Crippen molar-refractivity contribution in [3.63, 3.8) is 0 Å². The van der Waals surface area contributed by atoms with Crippen molar-refractivity contribution in [1.29, 1.82) is 0 Å². The zero-order chi connectivity index (χ0) is 18.3. The Morgan fingerprint density at radius 1 is 0.667 bits per heavy atom. The van der Waals surface area contributed by atoms with Gasteiger partial charge in [0.2, 0.25) is 0 Å². The van der Waals surface area contributed by atoms with E-state index in [1.165, 1.54) is 49.2 Å². The number of nitrogens with zero attached hydrogens (tertiary/aromatic N) is 1. The van der Waals surface area contributed by atoms with Crippen LogP contribution in [0.5, 0.6) is 0 Å². The predicted molar refractivity (Wildman–Crippen MR) is 114 cm³/mol. The van der Waals surface area contributed by atoms with E-state index >= 15 is 0 Å². The lowest BCUT2D eigenvalue weighted by atomic mass is 9.76. The molecule has 0 spiro atoms. The summed E-state index contributed by atoms with van der Waals surface area (Å²) in [5.74, 6) is 1.24. The minimum Gasteiger partial charge on any atom is -0.303 e. The molecule has 0 N–H and O–H groups in total. The van der Waals surface area contributed by atoms with Crippen LogP contribution in [0.4, 0.5) is 0 Å². The maximum atomic E-state index is 2.65. The second kappa shape index (κ2) is 9.01. The summed E-state index contributed by atoms with van der Waals surface area (Å²) in [5.41, 5.74) is 4.38. The van der Waals surface area contributed by atoms with Gasteiger partial charge < -0.3 is 4.90 Å². The van der Waals surface area contributed by atoms with Gasteiger partial charge in [-0.3, -0.25) is 0 Å². The van der Waals surface area contributed by atoms with E-state index in [0.29, 0.717) is 5.92 Å². The molecule has 138 valence electrons. The molecule has 0 bridgehead atoms. The lowest BCUT2D eigenvalue weighted by molar-refractivity contribution is 0.177. The van der Waals surface area contributed by atoms with Crippen LogP contribution in [-0.2, 0) is 6.42 Å².